The Bertz CT molecular complexity index is 683. The second-order valence-electron chi connectivity index (χ2n) is 7.55. The second-order valence-corrected chi connectivity index (χ2v) is 8.20. The highest BCUT2D eigenvalue weighted by Crippen LogP contribution is 2.69. The molecule has 1 atom stereocenters. The van der Waals surface area contributed by atoms with E-state index in [0.29, 0.717) is 16.7 Å². The summed E-state index contributed by atoms with van der Waals surface area (Å²) in [5.74, 6) is 1.56. The van der Waals surface area contributed by atoms with E-state index in [-0.39, 0.29) is 5.38 Å². The molecule has 0 spiro atoms. The molecule has 2 aromatic heterocycles. The topological polar surface area (TPSA) is 30.7 Å². The zero-order valence-corrected chi connectivity index (χ0v) is 14.5. The van der Waals surface area contributed by atoms with Crippen molar-refractivity contribution in [3.63, 3.8) is 0 Å². The van der Waals surface area contributed by atoms with E-state index in [2.05, 4.69) is 43.3 Å². The largest absolute Gasteiger partial charge is 0.311 e. The first kappa shape index (κ1) is 14.8. The normalized spacial score (nSPS) is 21.7. The van der Waals surface area contributed by atoms with Crippen molar-refractivity contribution in [2.75, 3.05) is 0 Å². The maximum Gasteiger partial charge on any atom is 0.160 e. The van der Waals surface area contributed by atoms with Crippen LogP contribution in [0.2, 0.25) is 0 Å². The molecule has 21 heavy (non-hydrogen) atoms. The molecule has 3 rings (SSSR count). The van der Waals surface area contributed by atoms with Crippen LogP contribution in [0, 0.1) is 23.7 Å². The monoisotopic (exact) mass is 305 g/mol. The van der Waals surface area contributed by atoms with Crippen LogP contribution in [0.5, 0.6) is 0 Å². The molecule has 2 aromatic rings. The van der Waals surface area contributed by atoms with Crippen molar-refractivity contribution < 1.29 is 0 Å². The van der Waals surface area contributed by atoms with E-state index in [0.717, 1.165) is 29.1 Å². The van der Waals surface area contributed by atoms with Gasteiger partial charge < -0.3 is 4.57 Å². The van der Waals surface area contributed by atoms with E-state index in [1.165, 1.54) is 0 Å². The molecule has 0 amide bonds. The molecule has 0 radical (unpaired) electrons. The van der Waals surface area contributed by atoms with Crippen LogP contribution in [0.25, 0.3) is 11.2 Å². The molecule has 0 N–H and O–H groups in total. The van der Waals surface area contributed by atoms with Crippen molar-refractivity contribution in [2.45, 2.75) is 53.5 Å². The second kappa shape index (κ2) is 4.45. The maximum absolute atomic E-state index is 6.35. The summed E-state index contributed by atoms with van der Waals surface area (Å²) in [6.07, 6.45) is 1.91. The van der Waals surface area contributed by atoms with Gasteiger partial charge in [-0.1, -0.05) is 27.7 Å². The van der Waals surface area contributed by atoms with E-state index in [9.17, 15) is 0 Å². The van der Waals surface area contributed by atoms with Gasteiger partial charge in [0.15, 0.2) is 5.65 Å². The molecule has 0 saturated heterocycles. The lowest BCUT2D eigenvalue weighted by Gasteiger charge is -2.11. The van der Waals surface area contributed by atoms with Crippen molar-refractivity contribution in [3.05, 3.63) is 23.7 Å². The van der Waals surface area contributed by atoms with Crippen LogP contribution in [-0.2, 0) is 6.54 Å². The summed E-state index contributed by atoms with van der Waals surface area (Å²) in [6, 6.07) is 2.09. The van der Waals surface area contributed by atoms with E-state index in [1.807, 2.05) is 20.0 Å². The van der Waals surface area contributed by atoms with Gasteiger partial charge in [0.1, 0.15) is 11.3 Å². The van der Waals surface area contributed by atoms with Gasteiger partial charge in [-0.2, -0.15) is 0 Å². The molecule has 1 fully saturated rings. The van der Waals surface area contributed by atoms with Crippen LogP contribution < -0.4 is 0 Å². The first-order valence-corrected chi connectivity index (χ1v) is 8.06. The molecular weight excluding hydrogens is 282 g/mol. The van der Waals surface area contributed by atoms with E-state index >= 15 is 0 Å². The Morgan fingerprint density at radius 1 is 1.29 bits per heavy atom. The summed E-state index contributed by atoms with van der Waals surface area (Å²) in [5, 5.41) is -0.107. The van der Waals surface area contributed by atoms with Gasteiger partial charge in [0.05, 0.1) is 5.38 Å². The fraction of sp³-hybridized carbons (Fsp3) is 0.647. The van der Waals surface area contributed by atoms with Crippen molar-refractivity contribution in [1.82, 2.24) is 14.5 Å². The third-order valence-corrected chi connectivity index (χ3v) is 5.99. The number of aromatic nitrogens is 3. The summed E-state index contributed by atoms with van der Waals surface area (Å²) in [4.78, 5) is 9.32. The lowest BCUT2D eigenvalue weighted by Crippen LogP contribution is -2.09. The van der Waals surface area contributed by atoms with E-state index < -0.39 is 0 Å². The number of hydrogen-bond donors (Lipinski definition) is 0. The highest BCUT2D eigenvalue weighted by molar-refractivity contribution is 6.20. The minimum Gasteiger partial charge on any atom is -0.311 e. The summed E-state index contributed by atoms with van der Waals surface area (Å²) < 4.78 is 2.23. The molecule has 0 bridgehead atoms. The third-order valence-electron chi connectivity index (χ3n) is 5.79. The predicted molar refractivity (Wildman–Crippen MR) is 87.6 cm³/mol. The van der Waals surface area contributed by atoms with Gasteiger partial charge in [-0.25, -0.2) is 9.97 Å². The Hall–Kier alpha value is -1.09. The Morgan fingerprint density at radius 3 is 2.43 bits per heavy atom. The molecule has 1 unspecified atom stereocenters. The Labute approximate surface area is 131 Å². The maximum atomic E-state index is 6.35. The van der Waals surface area contributed by atoms with Gasteiger partial charge in [-0.05, 0) is 42.2 Å². The molecule has 1 saturated carbocycles. The average Bonchev–Trinajstić information content (AvgIpc) is 2.70. The molecule has 1 aliphatic carbocycles. The summed E-state index contributed by atoms with van der Waals surface area (Å²) in [7, 11) is 0. The predicted octanol–water partition coefficient (Wildman–Crippen LogP) is 4.72. The van der Waals surface area contributed by atoms with Gasteiger partial charge >= 0.3 is 0 Å². The fourth-order valence-electron chi connectivity index (χ4n) is 3.58. The first-order valence-electron chi connectivity index (χ1n) is 7.63. The summed E-state index contributed by atoms with van der Waals surface area (Å²) in [5.41, 5.74) is 3.74. The van der Waals surface area contributed by atoms with Crippen LogP contribution >= 0.6 is 11.6 Å². The first-order chi connectivity index (χ1) is 9.66. The molecule has 0 aromatic carbocycles. The Balaban J connectivity index is 2.07. The number of aryl methyl sites for hydroxylation is 1. The van der Waals surface area contributed by atoms with Crippen molar-refractivity contribution >= 4 is 22.8 Å². The standard InChI is InChI=1S/C17H24ClN3/c1-10-7-12-15(19-8-10)21(14(20-12)11(2)18)9-13-16(3,4)17(13,5)6/h7-8,11,13H,9H2,1-6H3. The van der Waals surface area contributed by atoms with Crippen LogP contribution in [0.15, 0.2) is 12.3 Å². The molecule has 0 aliphatic heterocycles. The SMILES string of the molecule is Cc1cnc2c(c1)nc(C(C)Cl)n2CC1C(C)(C)C1(C)C. The zero-order valence-electron chi connectivity index (χ0n) is 13.7. The lowest BCUT2D eigenvalue weighted by molar-refractivity contribution is 0.457. The summed E-state index contributed by atoms with van der Waals surface area (Å²) >= 11 is 6.35. The quantitative estimate of drug-likeness (QED) is 0.768. The number of fused-ring (bicyclic) bond motifs is 1. The van der Waals surface area contributed by atoms with Crippen LogP contribution in [0.1, 0.15) is 51.4 Å². The minimum atomic E-state index is -0.107. The van der Waals surface area contributed by atoms with Gasteiger partial charge in [-0.15, -0.1) is 11.6 Å². The highest BCUT2D eigenvalue weighted by atomic mass is 35.5. The zero-order chi connectivity index (χ0) is 15.6. The minimum absolute atomic E-state index is 0.107. The number of nitrogens with zero attached hydrogens (tertiary/aromatic N) is 3. The van der Waals surface area contributed by atoms with Crippen molar-refractivity contribution in [3.8, 4) is 0 Å². The van der Waals surface area contributed by atoms with Gasteiger partial charge in [0.25, 0.3) is 0 Å². The lowest BCUT2D eigenvalue weighted by atomic mass is 10.0. The molecule has 3 nitrogen and oxygen atoms in total. The summed E-state index contributed by atoms with van der Waals surface area (Å²) in [6.45, 7) is 14.4. The number of alkyl halides is 1. The third kappa shape index (κ3) is 2.09. The molecule has 1 aliphatic rings. The molecular formula is C17H24ClN3. The number of hydrogen-bond acceptors (Lipinski definition) is 2. The van der Waals surface area contributed by atoms with Gasteiger partial charge in [-0.3, -0.25) is 0 Å². The smallest absolute Gasteiger partial charge is 0.160 e. The molecule has 2 heterocycles. The number of pyridine rings is 1. The fourth-order valence-corrected chi connectivity index (χ4v) is 3.75. The van der Waals surface area contributed by atoms with Gasteiger partial charge in [0, 0.05) is 12.7 Å². The van der Waals surface area contributed by atoms with E-state index in [4.69, 9.17) is 16.6 Å². The molecule has 4 heteroatoms. The van der Waals surface area contributed by atoms with Gasteiger partial charge in [0.2, 0.25) is 0 Å². The Kier molecular flexibility index (Phi) is 3.14. The molecule has 114 valence electrons. The van der Waals surface area contributed by atoms with Crippen LogP contribution in [-0.4, -0.2) is 14.5 Å². The van der Waals surface area contributed by atoms with Crippen LogP contribution in [0.3, 0.4) is 0 Å². The Morgan fingerprint density at radius 2 is 1.90 bits per heavy atom. The van der Waals surface area contributed by atoms with E-state index in [1.54, 1.807) is 0 Å². The van der Waals surface area contributed by atoms with Crippen molar-refractivity contribution in [2.24, 2.45) is 16.7 Å². The average molecular weight is 306 g/mol. The number of rotatable bonds is 3. The highest BCUT2D eigenvalue weighted by Gasteiger charge is 2.64. The van der Waals surface area contributed by atoms with Crippen molar-refractivity contribution in [1.29, 1.82) is 0 Å². The van der Waals surface area contributed by atoms with Crippen LogP contribution in [0.4, 0.5) is 0 Å². The number of imidazole rings is 1. The number of halogens is 1.